The van der Waals surface area contributed by atoms with Crippen LogP contribution in [-0.2, 0) is 0 Å². The van der Waals surface area contributed by atoms with E-state index in [0.717, 1.165) is 6.07 Å². The fourth-order valence-corrected chi connectivity index (χ4v) is 1.11. The molecule has 12 heavy (non-hydrogen) atoms. The Labute approximate surface area is 74.1 Å². The lowest BCUT2D eigenvalue weighted by molar-refractivity contribution is 0.1000. The number of benzene rings is 1. The minimum atomic E-state index is -0.720. The van der Waals surface area contributed by atoms with E-state index in [9.17, 15) is 9.18 Å². The van der Waals surface area contributed by atoms with E-state index in [2.05, 4.69) is 0 Å². The maximum atomic E-state index is 12.7. The fraction of sp³-hybridized carbons (Fsp3) is 0.125. The summed E-state index contributed by atoms with van der Waals surface area (Å²) in [5, 5.41) is 0.212. The van der Waals surface area contributed by atoms with Crippen molar-refractivity contribution in [3.8, 4) is 0 Å². The number of hydrogen-bond donors (Lipinski definition) is 1. The summed E-state index contributed by atoms with van der Waals surface area (Å²) in [6.07, 6.45) is 0. The highest BCUT2D eigenvalue weighted by molar-refractivity contribution is 6.34. The van der Waals surface area contributed by atoms with Crippen LogP contribution in [0.25, 0.3) is 0 Å². The van der Waals surface area contributed by atoms with Crippen molar-refractivity contribution in [3.63, 3.8) is 0 Å². The third-order valence-electron chi connectivity index (χ3n) is 1.48. The maximum Gasteiger partial charge on any atom is 0.250 e. The summed E-state index contributed by atoms with van der Waals surface area (Å²) in [5.41, 5.74) is 5.49. The molecule has 1 aromatic carbocycles. The Morgan fingerprint density at radius 3 is 2.67 bits per heavy atom. The Balaban J connectivity index is 3.37. The number of carbonyl (C=O) groups excluding carboxylic acids is 1. The number of carbonyl (C=O) groups is 1. The predicted molar refractivity (Wildman–Crippen MR) is 44.7 cm³/mol. The van der Waals surface area contributed by atoms with E-state index in [1.807, 2.05) is 0 Å². The fourth-order valence-electron chi connectivity index (χ4n) is 0.905. The third kappa shape index (κ3) is 1.56. The lowest BCUT2D eigenvalue weighted by Gasteiger charge is -2.02. The van der Waals surface area contributed by atoms with Crippen molar-refractivity contribution < 1.29 is 9.18 Å². The van der Waals surface area contributed by atoms with Crippen LogP contribution in [-0.4, -0.2) is 5.91 Å². The number of halogens is 2. The second-order valence-corrected chi connectivity index (χ2v) is 2.83. The molecule has 1 amide bonds. The van der Waals surface area contributed by atoms with Crippen molar-refractivity contribution in [1.82, 2.24) is 0 Å². The van der Waals surface area contributed by atoms with Gasteiger partial charge in [-0.25, -0.2) is 4.39 Å². The summed E-state index contributed by atoms with van der Waals surface area (Å²) in [6.45, 7) is 1.61. The Morgan fingerprint density at radius 2 is 2.17 bits per heavy atom. The van der Waals surface area contributed by atoms with Gasteiger partial charge in [0.05, 0.1) is 10.6 Å². The Hall–Kier alpha value is -1.09. The molecule has 0 aliphatic rings. The van der Waals surface area contributed by atoms with Crippen molar-refractivity contribution in [2.75, 3.05) is 0 Å². The van der Waals surface area contributed by atoms with Gasteiger partial charge in [0.25, 0.3) is 0 Å². The van der Waals surface area contributed by atoms with Gasteiger partial charge in [0.2, 0.25) is 5.91 Å². The first-order valence-corrected chi connectivity index (χ1v) is 3.65. The van der Waals surface area contributed by atoms with E-state index in [1.54, 1.807) is 6.92 Å². The first-order chi connectivity index (χ1) is 5.52. The summed E-state index contributed by atoms with van der Waals surface area (Å²) < 4.78 is 12.7. The molecular weight excluding hydrogens is 181 g/mol. The van der Waals surface area contributed by atoms with Crippen LogP contribution in [0.2, 0.25) is 5.02 Å². The number of nitrogens with two attached hydrogens (primary N) is 1. The zero-order valence-electron chi connectivity index (χ0n) is 6.40. The van der Waals surface area contributed by atoms with Crippen LogP contribution in [0, 0.1) is 12.7 Å². The predicted octanol–water partition coefficient (Wildman–Crippen LogP) is 1.89. The van der Waals surface area contributed by atoms with Crippen molar-refractivity contribution in [2.24, 2.45) is 5.73 Å². The molecule has 0 aliphatic carbocycles. The van der Waals surface area contributed by atoms with Gasteiger partial charge in [0.1, 0.15) is 5.82 Å². The van der Waals surface area contributed by atoms with Gasteiger partial charge < -0.3 is 5.73 Å². The number of primary amides is 1. The van der Waals surface area contributed by atoms with Gasteiger partial charge in [-0.15, -0.1) is 0 Å². The first-order valence-electron chi connectivity index (χ1n) is 3.28. The molecule has 0 aliphatic heterocycles. The molecule has 0 unspecified atom stereocenters. The third-order valence-corrected chi connectivity index (χ3v) is 1.99. The van der Waals surface area contributed by atoms with Crippen molar-refractivity contribution >= 4 is 17.5 Å². The highest BCUT2D eigenvalue weighted by Crippen LogP contribution is 2.21. The molecular formula is C8H7ClFNO. The van der Waals surface area contributed by atoms with E-state index in [-0.39, 0.29) is 10.6 Å². The molecule has 2 N–H and O–H groups in total. The summed E-state index contributed by atoms with van der Waals surface area (Å²) >= 11 is 5.69. The highest BCUT2D eigenvalue weighted by Gasteiger charge is 2.10. The summed E-state index contributed by atoms with van der Waals surface area (Å²) in [4.78, 5) is 10.7. The van der Waals surface area contributed by atoms with E-state index >= 15 is 0 Å². The second-order valence-electron chi connectivity index (χ2n) is 2.45. The second kappa shape index (κ2) is 3.11. The Bertz CT molecular complexity index is 338. The molecule has 0 saturated heterocycles. The molecule has 0 radical (unpaired) electrons. The molecule has 0 heterocycles. The van der Waals surface area contributed by atoms with Crippen LogP contribution in [0.1, 0.15) is 15.9 Å². The van der Waals surface area contributed by atoms with Crippen LogP contribution >= 0.6 is 11.6 Å². The molecule has 0 atom stereocenters. The van der Waals surface area contributed by atoms with Crippen LogP contribution < -0.4 is 5.73 Å². The number of amides is 1. The zero-order valence-corrected chi connectivity index (χ0v) is 7.15. The standard InChI is InChI=1S/C8H7ClFNO/c1-4-2-5(10)3-6(7(4)9)8(11)12/h2-3H,1H3,(H2,11,12). The minimum absolute atomic E-state index is 0.0224. The molecule has 1 rings (SSSR count). The van der Waals surface area contributed by atoms with Crippen molar-refractivity contribution in [2.45, 2.75) is 6.92 Å². The lowest BCUT2D eigenvalue weighted by atomic mass is 10.1. The number of rotatable bonds is 1. The van der Waals surface area contributed by atoms with Crippen molar-refractivity contribution in [1.29, 1.82) is 0 Å². The monoisotopic (exact) mass is 187 g/mol. The molecule has 64 valence electrons. The largest absolute Gasteiger partial charge is 0.366 e. The lowest BCUT2D eigenvalue weighted by Crippen LogP contribution is -2.12. The topological polar surface area (TPSA) is 43.1 Å². The average molecular weight is 188 g/mol. The highest BCUT2D eigenvalue weighted by atomic mass is 35.5. The Kier molecular flexibility index (Phi) is 2.33. The summed E-state index contributed by atoms with van der Waals surface area (Å²) in [6, 6.07) is 2.27. The zero-order chi connectivity index (χ0) is 9.30. The SMILES string of the molecule is Cc1cc(F)cc(C(N)=O)c1Cl. The molecule has 4 heteroatoms. The van der Waals surface area contributed by atoms with Gasteiger partial charge in [0, 0.05) is 0 Å². The molecule has 0 saturated carbocycles. The van der Waals surface area contributed by atoms with Gasteiger partial charge in [-0.1, -0.05) is 11.6 Å². The van der Waals surface area contributed by atoms with Crippen molar-refractivity contribution in [3.05, 3.63) is 34.1 Å². The summed E-state index contributed by atoms with van der Waals surface area (Å²) in [7, 11) is 0. The van der Waals surface area contributed by atoms with Gasteiger partial charge >= 0.3 is 0 Å². The van der Waals surface area contributed by atoms with E-state index in [4.69, 9.17) is 17.3 Å². The van der Waals surface area contributed by atoms with Gasteiger partial charge in [-0.2, -0.15) is 0 Å². The Morgan fingerprint density at radius 1 is 1.58 bits per heavy atom. The average Bonchev–Trinajstić information content (AvgIpc) is 1.96. The van der Waals surface area contributed by atoms with Crippen LogP contribution in [0.5, 0.6) is 0 Å². The number of hydrogen-bond acceptors (Lipinski definition) is 1. The maximum absolute atomic E-state index is 12.7. The summed E-state index contributed by atoms with van der Waals surface area (Å²) in [5.74, 6) is -1.23. The molecule has 2 nitrogen and oxygen atoms in total. The normalized spacial score (nSPS) is 9.92. The minimum Gasteiger partial charge on any atom is -0.366 e. The molecule has 0 spiro atoms. The van der Waals surface area contributed by atoms with E-state index in [1.165, 1.54) is 6.07 Å². The van der Waals surface area contributed by atoms with E-state index < -0.39 is 11.7 Å². The van der Waals surface area contributed by atoms with Crippen LogP contribution in [0.3, 0.4) is 0 Å². The van der Waals surface area contributed by atoms with E-state index in [0.29, 0.717) is 5.56 Å². The van der Waals surface area contributed by atoms with Crippen LogP contribution in [0.4, 0.5) is 4.39 Å². The molecule has 1 aromatic rings. The first kappa shape index (κ1) is 9.00. The quantitative estimate of drug-likeness (QED) is 0.717. The van der Waals surface area contributed by atoms with Gasteiger partial charge in [0.15, 0.2) is 0 Å². The number of aryl methyl sites for hydroxylation is 1. The van der Waals surface area contributed by atoms with Gasteiger partial charge in [-0.3, -0.25) is 4.79 Å². The molecule has 0 aromatic heterocycles. The molecule has 0 fully saturated rings. The van der Waals surface area contributed by atoms with Gasteiger partial charge in [-0.05, 0) is 24.6 Å². The molecule has 0 bridgehead atoms. The van der Waals surface area contributed by atoms with Crippen LogP contribution in [0.15, 0.2) is 12.1 Å². The smallest absolute Gasteiger partial charge is 0.250 e.